The third kappa shape index (κ3) is 5.40. The molecule has 0 aliphatic heterocycles. The van der Waals surface area contributed by atoms with Crippen LogP contribution in [0.4, 0.5) is 5.00 Å². The molecule has 104 valence electrons. The summed E-state index contributed by atoms with van der Waals surface area (Å²) < 4.78 is 0. The zero-order chi connectivity index (χ0) is 13.2. The summed E-state index contributed by atoms with van der Waals surface area (Å²) in [7, 11) is 2.01. The highest BCUT2D eigenvalue weighted by Gasteiger charge is 2.10. The van der Waals surface area contributed by atoms with Gasteiger partial charge in [0.1, 0.15) is 0 Å². The van der Waals surface area contributed by atoms with E-state index in [1.54, 1.807) is 0 Å². The summed E-state index contributed by atoms with van der Waals surface area (Å²) in [5.74, 6) is 0. The molecular weight excluding hydrogens is 240 g/mol. The second kappa shape index (κ2) is 9.40. The first-order valence-electron chi connectivity index (χ1n) is 7.29. The van der Waals surface area contributed by atoms with E-state index in [0.717, 1.165) is 6.54 Å². The number of thiophene rings is 1. The second-order valence-corrected chi connectivity index (χ2v) is 5.85. The standard InChI is InChI=1S/C15H28N2S/c1-4-6-7-9-14(8-5-2)17-15-13(12-16-3)10-11-18-15/h10-11,14,16-17H,4-9,12H2,1-3H3. The normalized spacial score (nSPS) is 12.6. The molecule has 1 rings (SSSR count). The Balaban J connectivity index is 2.50. The Morgan fingerprint density at radius 3 is 2.67 bits per heavy atom. The molecule has 1 aromatic rings. The summed E-state index contributed by atoms with van der Waals surface area (Å²) in [6.07, 6.45) is 7.86. The molecule has 0 aromatic carbocycles. The smallest absolute Gasteiger partial charge is 0.0930 e. The molecule has 2 N–H and O–H groups in total. The SMILES string of the molecule is CCCCCC(CCC)Nc1sccc1CNC. The van der Waals surface area contributed by atoms with E-state index in [4.69, 9.17) is 0 Å². The van der Waals surface area contributed by atoms with Crippen molar-refractivity contribution >= 4 is 16.3 Å². The fraction of sp³-hybridized carbons (Fsp3) is 0.733. The van der Waals surface area contributed by atoms with Crippen molar-refractivity contribution in [2.45, 2.75) is 65.0 Å². The minimum Gasteiger partial charge on any atom is -0.374 e. The summed E-state index contributed by atoms with van der Waals surface area (Å²) in [6, 6.07) is 2.87. The molecule has 0 aliphatic rings. The maximum Gasteiger partial charge on any atom is 0.0930 e. The van der Waals surface area contributed by atoms with Crippen LogP contribution in [0.25, 0.3) is 0 Å². The topological polar surface area (TPSA) is 24.1 Å². The molecule has 0 radical (unpaired) electrons. The number of hydrogen-bond acceptors (Lipinski definition) is 3. The number of nitrogens with one attached hydrogen (secondary N) is 2. The molecule has 0 fully saturated rings. The predicted molar refractivity (Wildman–Crippen MR) is 83.5 cm³/mol. The van der Waals surface area contributed by atoms with Gasteiger partial charge >= 0.3 is 0 Å². The lowest BCUT2D eigenvalue weighted by molar-refractivity contribution is 0.551. The van der Waals surface area contributed by atoms with Crippen molar-refractivity contribution in [2.24, 2.45) is 0 Å². The fourth-order valence-electron chi connectivity index (χ4n) is 2.26. The summed E-state index contributed by atoms with van der Waals surface area (Å²) in [6.45, 7) is 5.50. The zero-order valence-corrected chi connectivity index (χ0v) is 12.9. The van der Waals surface area contributed by atoms with Gasteiger partial charge in [-0.2, -0.15) is 0 Å². The van der Waals surface area contributed by atoms with E-state index >= 15 is 0 Å². The van der Waals surface area contributed by atoms with Crippen molar-refractivity contribution in [1.82, 2.24) is 5.32 Å². The molecule has 2 nitrogen and oxygen atoms in total. The molecule has 0 bridgehead atoms. The van der Waals surface area contributed by atoms with Crippen LogP contribution in [0, 0.1) is 0 Å². The highest BCUT2D eigenvalue weighted by molar-refractivity contribution is 7.14. The molecule has 0 aliphatic carbocycles. The third-order valence-electron chi connectivity index (χ3n) is 3.24. The van der Waals surface area contributed by atoms with E-state index in [2.05, 4.69) is 35.9 Å². The van der Waals surface area contributed by atoms with E-state index < -0.39 is 0 Å². The first kappa shape index (κ1) is 15.5. The molecule has 0 amide bonds. The molecular formula is C15H28N2S. The van der Waals surface area contributed by atoms with Crippen molar-refractivity contribution in [3.63, 3.8) is 0 Å². The third-order valence-corrected chi connectivity index (χ3v) is 4.13. The second-order valence-electron chi connectivity index (χ2n) is 4.93. The van der Waals surface area contributed by atoms with Crippen LogP contribution in [0.15, 0.2) is 11.4 Å². The van der Waals surface area contributed by atoms with E-state index in [1.807, 2.05) is 18.4 Å². The summed E-state index contributed by atoms with van der Waals surface area (Å²) in [4.78, 5) is 0. The lowest BCUT2D eigenvalue weighted by Gasteiger charge is -2.19. The van der Waals surface area contributed by atoms with Gasteiger partial charge in [-0.15, -0.1) is 11.3 Å². The number of anilines is 1. The number of rotatable bonds is 10. The van der Waals surface area contributed by atoms with Gasteiger partial charge in [-0.1, -0.05) is 39.5 Å². The molecule has 0 saturated heterocycles. The van der Waals surface area contributed by atoms with Gasteiger partial charge < -0.3 is 10.6 Å². The zero-order valence-electron chi connectivity index (χ0n) is 12.1. The molecule has 1 heterocycles. The Hall–Kier alpha value is -0.540. The average molecular weight is 268 g/mol. The molecule has 1 atom stereocenters. The fourth-order valence-corrected chi connectivity index (χ4v) is 3.15. The van der Waals surface area contributed by atoms with E-state index in [0.29, 0.717) is 6.04 Å². The van der Waals surface area contributed by atoms with Crippen molar-refractivity contribution in [2.75, 3.05) is 12.4 Å². The number of unbranched alkanes of at least 4 members (excludes halogenated alkanes) is 2. The largest absolute Gasteiger partial charge is 0.374 e. The van der Waals surface area contributed by atoms with Gasteiger partial charge in [-0.05, 0) is 31.3 Å². The predicted octanol–water partition coefficient (Wildman–Crippen LogP) is 4.63. The summed E-state index contributed by atoms with van der Waals surface area (Å²) in [5.41, 5.74) is 1.40. The molecule has 1 unspecified atom stereocenters. The molecule has 18 heavy (non-hydrogen) atoms. The Morgan fingerprint density at radius 2 is 2.00 bits per heavy atom. The highest BCUT2D eigenvalue weighted by Crippen LogP contribution is 2.25. The minimum atomic E-state index is 0.649. The quantitative estimate of drug-likeness (QED) is 0.605. The molecule has 1 aromatic heterocycles. The van der Waals surface area contributed by atoms with Crippen molar-refractivity contribution < 1.29 is 0 Å². The van der Waals surface area contributed by atoms with Gasteiger partial charge in [0.2, 0.25) is 0 Å². The van der Waals surface area contributed by atoms with Crippen molar-refractivity contribution in [3.8, 4) is 0 Å². The maximum atomic E-state index is 3.75. The van der Waals surface area contributed by atoms with Crippen LogP contribution in [0.1, 0.15) is 57.9 Å². The van der Waals surface area contributed by atoms with Crippen LogP contribution in [-0.2, 0) is 6.54 Å². The van der Waals surface area contributed by atoms with Crippen LogP contribution in [-0.4, -0.2) is 13.1 Å². The number of hydrogen-bond donors (Lipinski definition) is 2. The van der Waals surface area contributed by atoms with Gasteiger partial charge in [0.15, 0.2) is 0 Å². The Bertz CT molecular complexity index is 309. The van der Waals surface area contributed by atoms with Crippen LogP contribution in [0.3, 0.4) is 0 Å². The van der Waals surface area contributed by atoms with Gasteiger partial charge in [0.25, 0.3) is 0 Å². The van der Waals surface area contributed by atoms with Crippen LogP contribution < -0.4 is 10.6 Å². The van der Waals surface area contributed by atoms with Crippen molar-refractivity contribution in [1.29, 1.82) is 0 Å². The molecule has 3 heteroatoms. The maximum absolute atomic E-state index is 3.75. The molecule has 0 saturated carbocycles. The Morgan fingerprint density at radius 1 is 1.17 bits per heavy atom. The van der Waals surface area contributed by atoms with Crippen LogP contribution in [0.2, 0.25) is 0 Å². The van der Waals surface area contributed by atoms with Gasteiger partial charge in [0, 0.05) is 18.2 Å². The van der Waals surface area contributed by atoms with Crippen LogP contribution in [0.5, 0.6) is 0 Å². The Labute approximate surface area is 116 Å². The van der Waals surface area contributed by atoms with Gasteiger partial charge in [-0.25, -0.2) is 0 Å². The lowest BCUT2D eigenvalue weighted by Crippen LogP contribution is -2.20. The summed E-state index contributed by atoms with van der Waals surface area (Å²) >= 11 is 1.83. The Kier molecular flexibility index (Phi) is 8.10. The minimum absolute atomic E-state index is 0.649. The van der Waals surface area contributed by atoms with E-state index in [9.17, 15) is 0 Å². The summed E-state index contributed by atoms with van der Waals surface area (Å²) in [5, 5.41) is 10.5. The van der Waals surface area contributed by atoms with Crippen molar-refractivity contribution in [3.05, 3.63) is 17.0 Å². The van der Waals surface area contributed by atoms with E-state index in [-0.39, 0.29) is 0 Å². The average Bonchev–Trinajstić information content (AvgIpc) is 2.78. The van der Waals surface area contributed by atoms with Gasteiger partial charge in [-0.3, -0.25) is 0 Å². The first-order valence-corrected chi connectivity index (χ1v) is 8.17. The van der Waals surface area contributed by atoms with E-state index in [1.165, 1.54) is 49.1 Å². The van der Waals surface area contributed by atoms with Crippen LogP contribution >= 0.6 is 11.3 Å². The lowest BCUT2D eigenvalue weighted by atomic mass is 10.0. The van der Waals surface area contributed by atoms with Gasteiger partial charge in [0.05, 0.1) is 5.00 Å². The molecule has 0 spiro atoms. The highest BCUT2D eigenvalue weighted by atomic mass is 32.1. The monoisotopic (exact) mass is 268 g/mol. The first-order chi connectivity index (χ1) is 8.81.